The second-order valence-electron chi connectivity index (χ2n) is 4.96. The second kappa shape index (κ2) is 7.38. The molecule has 2 aromatic rings. The summed E-state index contributed by atoms with van der Waals surface area (Å²) in [7, 11) is 0. The van der Waals surface area contributed by atoms with Gasteiger partial charge in [-0.2, -0.15) is 0 Å². The molecule has 0 radical (unpaired) electrons. The van der Waals surface area contributed by atoms with Crippen molar-refractivity contribution in [2.24, 2.45) is 0 Å². The van der Waals surface area contributed by atoms with E-state index in [1.165, 1.54) is 12.1 Å². The summed E-state index contributed by atoms with van der Waals surface area (Å²) in [6.07, 6.45) is 0. The van der Waals surface area contributed by atoms with E-state index >= 15 is 0 Å². The number of aryl methyl sites for hydroxylation is 2. The summed E-state index contributed by atoms with van der Waals surface area (Å²) in [5.41, 5.74) is 3.01. The number of pyridine rings is 1. The van der Waals surface area contributed by atoms with E-state index in [4.69, 9.17) is 11.6 Å². The number of hydrogen-bond donors (Lipinski definition) is 2. The van der Waals surface area contributed by atoms with Crippen LogP contribution in [0.25, 0.3) is 0 Å². The standard InChI is InChI=1S/C16H19ClFN3/c1-11-3-4-12(2)21-16(11)20-8-7-19-10-13-5-6-14(18)9-15(13)17/h3-6,9,19H,7-8,10H2,1-2H3,(H,20,21). The summed E-state index contributed by atoms with van der Waals surface area (Å²) in [4.78, 5) is 4.45. The number of rotatable bonds is 6. The molecule has 0 aliphatic heterocycles. The summed E-state index contributed by atoms with van der Waals surface area (Å²) in [5, 5.41) is 7.02. The first-order valence-corrected chi connectivity index (χ1v) is 7.27. The fraction of sp³-hybridized carbons (Fsp3) is 0.312. The molecule has 21 heavy (non-hydrogen) atoms. The lowest BCUT2D eigenvalue weighted by Gasteiger charge is -2.10. The molecule has 0 spiro atoms. The molecule has 0 amide bonds. The van der Waals surface area contributed by atoms with Crippen LogP contribution in [0.5, 0.6) is 0 Å². The Hall–Kier alpha value is -1.65. The molecule has 1 aromatic carbocycles. The van der Waals surface area contributed by atoms with Crippen molar-refractivity contribution in [1.82, 2.24) is 10.3 Å². The zero-order chi connectivity index (χ0) is 15.2. The van der Waals surface area contributed by atoms with Crippen LogP contribution >= 0.6 is 11.6 Å². The van der Waals surface area contributed by atoms with Crippen molar-refractivity contribution in [2.75, 3.05) is 18.4 Å². The maximum atomic E-state index is 12.9. The molecule has 2 rings (SSSR count). The molecule has 1 aromatic heterocycles. The van der Waals surface area contributed by atoms with Gasteiger partial charge in [0.2, 0.25) is 0 Å². The average molecular weight is 308 g/mol. The molecule has 0 aliphatic carbocycles. The highest BCUT2D eigenvalue weighted by Crippen LogP contribution is 2.16. The minimum atomic E-state index is -0.314. The van der Waals surface area contributed by atoms with Crippen LogP contribution in [-0.2, 0) is 6.54 Å². The molecule has 0 atom stereocenters. The molecule has 0 saturated heterocycles. The van der Waals surface area contributed by atoms with Gasteiger partial charge in [-0.25, -0.2) is 9.37 Å². The lowest BCUT2D eigenvalue weighted by Crippen LogP contribution is -2.22. The number of anilines is 1. The topological polar surface area (TPSA) is 37.0 Å². The molecule has 0 fully saturated rings. The van der Waals surface area contributed by atoms with Gasteiger partial charge in [-0.3, -0.25) is 0 Å². The van der Waals surface area contributed by atoms with Gasteiger partial charge in [-0.1, -0.05) is 23.7 Å². The minimum Gasteiger partial charge on any atom is -0.369 e. The normalized spacial score (nSPS) is 10.7. The van der Waals surface area contributed by atoms with Gasteiger partial charge >= 0.3 is 0 Å². The number of hydrogen-bond acceptors (Lipinski definition) is 3. The lowest BCUT2D eigenvalue weighted by molar-refractivity contribution is 0.625. The summed E-state index contributed by atoms with van der Waals surface area (Å²) in [6.45, 7) is 6.14. The SMILES string of the molecule is Cc1ccc(C)c(NCCNCc2ccc(F)cc2Cl)n1. The molecule has 3 nitrogen and oxygen atoms in total. The highest BCUT2D eigenvalue weighted by Gasteiger charge is 2.02. The van der Waals surface area contributed by atoms with Crippen molar-refractivity contribution in [3.63, 3.8) is 0 Å². The molecule has 0 unspecified atom stereocenters. The van der Waals surface area contributed by atoms with E-state index in [1.807, 2.05) is 19.9 Å². The van der Waals surface area contributed by atoms with E-state index in [9.17, 15) is 4.39 Å². The van der Waals surface area contributed by atoms with E-state index in [-0.39, 0.29) is 5.82 Å². The van der Waals surface area contributed by atoms with Crippen molar-refractivity contribution >= 4 is 17.4 Å². The quantitative estimate of drug-likeness (QED) is 0.799. The fourth-order valence-corrected chi connectivity index (χ4v) is 2.20. The van der Waals surface area contributed by atoms with Gasteiger partial charge in [0, 0.05) is 30.4 Å². The van der Waals surface area contributed by atoms with Gasteiger partial charge in [-0.05, 0) is 43.2 Å². The fourth-order valence-electron chi connectivity index (χ4n) is 1.96. The predicted octanol–water partition coefficient (Wildman–Crippen LogP) is 3.69. The van der Waals surface area contributed by atoms with E-state index in [0.717, 1.165) is 35.7 Å². The Morgan fingerprint density at radius 3 is 2.71 bits per heavy atom. The van der Waals surface area contributed by atoms with E-state index < -0.39 is 0 Å². The third-order valence-corrected chi connectivity index (χ3v) is 3.51. The highest BCUT2D eigenvalue weighted by molar-refractivity contribution is 6.31. The smallest absolute Gasteiger partial charge is 0.129 e. The maximum absolute atomic E-state index is 12.9. The van der Waals surface area contributed by atoms with Gasteiger partial charge < -0.3 is 10.6 Å². The Labute approximate surface area is 129 Å². The van der Waals surface area contributed by atoms with Crippen LogP contribution in [0.2, 0.25) is 5.02 Å². The monoisotopic (exact) mass is 307 g/mol. The zero-order valence-corrected chi connectivity index (χ0v) is 13.0. The van der Waals surface area contributed by atoms with Gasteiger partial charge in [0.1, 0.15) is 11.6 Å². The predicted molar refractivity (Wildman–Crippen MR) is 85.3 cm³/mol. The Morgan fingerprint density at radius 1 is 1.14 bits per heavy atom. The zero-order valence-electron chi connectivity index (χ0n) is 12.2. The molecular formula is C16H19ClFN3. The van der Waals surface area contributed by atoms with Crippen LogP contribution in [0.3, 0.4) is 0 Å². The third-order valence-electron chi connectivity index (χ3n) is 3.16. The summed E-state index contributed by atoms with van der Waals surface area (Å²) in [5.74, 6) is 0.600. The molecule has 0 bridgehead atoms. The van der Waals surface area contributed by atoms with Gasteiger partial charge in [0.25, 0.3) is 0 Å². The van der Waals surface area contributed by atoms with Crippen LogP contribution in [0.15, 0.2) is 30.3 Å². The molecule has 0 aliphatic rings. The van der Waals surface area contributed by atoms with Crippen LogP contribution in [0.1, 0.15) is 16.8 Å². The van der Waals surface area contributed by atoms with Gasteiger partial charge in [-0.15, -0.1) is 0 Å². The number of nitrogens with zero attached hydrogens (tertiary/aromatic N) is 1. The Morgan fingerprint density at radius 2 is 1.95 bits per heavy atom. The molecular weight excluding hydrogens is 289 g/mol. The first kappa shape index (κ1) is 15.7. The molecule has 112 valence electrons. The lowest BCUT2D eigenvalue weighted by atomic mass is 10.2. The molecule has 1 heterocycles. The van der Waals surface area contributed by atoms with Crippen LogP contribution in [-0.4, -0.2) is 18.1 Å². The summed E-state index contributed by atoms with van der Waals surface area (Å²) in [6, 6.07) is 8.49. The van der Waals surface area contributed by atoms with E-state index in [1.54, 1.807) is 6.07 Å². The molecule has 0 saturated carbocycles. The van der Waals surface area contributed by atoms with Crippen molar-refractivity contribution in [3.8, 4) is 0 Å². The largest absolute Gasteiger partial charge is 0.369 e. The first-order valence-electron chi connectivity index (χ1n) is 6.89. The molecule has 5 heteroatoms. The number of nitrogens with one attached hydrogen (secondary N) is 2. The first-order chi connectivity index (χ1) is 10.1. The van der Waals surface area contributed by atoms with E-state index in [2.05, 4.69) is 21.7 Å². The highest BCUT2D eigenvalue weighted by atomic mass is 35.5. The van der Waals surface area contributed by atoms with E-state index in [0.29, 0.717) is 11.6 Å². The number of benzene rings is 1. The Kier molecular flexibility index (Phi) is 5.53. The maximum Gasteiger partial charge on any atom is 0.129 e. The van der Waals surface area contributed by atoms with Crippen molar-refractivity contribution in [2.45, 2.75) is 20.4 Å². The van der Waals surface area contributed by atoms with Gasteiger partial charge in [0.05, 0.1) is 0 Å². The number of halogens is 2. The van der Waals surface area contributed by atoms with Crippen molar-refractivity contribution < 1.29 is 4.39 Å². The average Bonchev–Trinajstić information content (AvgIpc) is 2.44. The minimum absolute atomic E-state index is 0.314. The second-order valence-corrected chi connectivity index (χ2v) is 5.36. The molecule has 2 N–H and O–H groups in total. The summed E-state index contributed by atoms with van der Waals surface area (Å²) >= 11 is 5.97. The van der Waals surface area contributed by atoms with Crippen molar-refractivity contribution in [1.29, 1.82) is 0 Å². The van der Waals surface area contributed by atoms with Gasteiger partial charge in [0.15, 0.2) is 0 Å². The van der Waals surface area contributed by atoms with Crippen LogP contribution in [0.4, 0.5) is 10.2 Å². The Balaban J connectivity index is 1.76. The van der Waals surface area contributed by atoms with Crippen molar-refractivity contribution in [3.05, 3.63) is 58.0 Å². The van der Waals surface area contributed by atoms with Crippen LogP contribution in [0, 0.1) is 19.7 Å². The third kappa shape index (κ3) is 4.69. The number of aromatic nitrogens is 1. The van der Waals surface area contributed by atoms with Crippen LogP contribution < -0.4 is 10.6 Å². The Bertz CT molecular complexity index is 616. The summed E-state index contributed by atoms with van der Waals surface area (Å²) < 4.78 is 12.9.